The number of rotatable bonds is 6. The molecule has 114 valence electrons. The molecule has 2 heterocycles. The molecule has 0 spiro atoms. The van der Waals surface area contributed by atoms with Crippen LogP contribution in [0.5, 0.6) is 0 Å². The molecule has 0 aromatic carbocycles. The lowest BCUT2D eigenvalue weighted by atomic mass is 9.84. The fourth-order valence-corrected chi connectivity index (χ4v) is 3.73. The molecule has 0 radical (unpaired) electrons. The second kappa shape index (κ2) is 6.87. The molecule has 20 heavy (non-hydrogen) atoms. The minimum atomic E-state index is 0.411. The number of nitrogens with zero attached hydrogens (tertiary/aromatic N) is 2. The fourth-order valence-electron chi connectivity index (χ4n) is 2.67. The Morgan fingerprint density at radius 2 is 2.25 bits per heavy atom. The van der Waals surface area contributed by atoms with Crippen LogP contribution in [0.4, 0.5) is 5.13 Å². The van der Waals surface area contributed by atoms with Crippen molar-refractivity contribution < 1.29 is 4.74 Å². The summed E-state index contributed by atoms with van der Waals surface area (Å²) in [6.45, 7) is 11.6. The minimum Gasteiger partial charge on any atom is -0.383 e. The SMILES string of the molecule is COCCNCc1sc(N2CCCC(C)(C)C2)nc1C. The number of nitrogens with one attached hydrogen (secondary N) is 1. The van der Waals surface area contributed by atoms with Gasteiger partial charge in [-0.15, -0.1) is 11.3 Å². The van der Waals surface area contributed by atoms with E-state index in [-0.39, 0.29) is 0 Å². The van der Waals surface area contributed by atoms with Gasteiger partial charge in [0.15, 0.2) is 5.13 Å². The van der Waals surface area contributed by atoms with Crippen LogP contribution in [0, 0.1) is 12.3 Å². The monoisotopic (exact) mass is 297 g/mol. The maximum absolute atomic E-state index is 5.05. The van der Waals surface area contributed by atoms with E-state index >= 15 is 0 Å². The zero-order valence-electron chi connectivity index (χ0n) is 13.2. The van der Waals surface area contributed by atoms with E-state index < -0.39 is 0 Å². The molecule has 1 aromatic rings. The number of hydrogen-bond acceptors (Lipinski definition) is 5. The van der Waals surface area contributed by atoms with Crippen LogP contribution in [-0.2, 0) is 11.3 Å². The highest BCUT2D eigenvalue weighted by Crippen LogP contribution is 2.34. The third kappa shape index (κ3) is 4.17. The molecule has 1 fully saturated rings. The molecule has 5 heteroatoms. The first-order valence-electron chi connectivity index (χ1n) is 7.43. The van der Waals surface area contributed by atoms with Crippen LogP contribution in [-0.4, -0.2) is 38.3 Å². The van der Waals surface area contributed by atoms with Crippen LogP contribution in [0.2, 0.25) is 0 Å². The number of aromatic nitrogens is 1. The van der Waals surface area contributed by atoms with E-state index in [1.807, 2.05) is 11.3 Å². The molecule has 0 saturated carbocycles. The van der Waals surface area contributed by atoms with E-state index in [1.165, 1.54) is 28.5 Å². The molecule has 1 N–H and O–H groups in total. The van der Waals surface area contributed by atoms with Crippen molar-refractivity contribution in [3.8, 4) is 0 Å². The molecule has 0 amide bonds. The van der Waals surface area contributed by atoms with Gasteiger partial charge < -0.3 is 15.0 Å². The van der Waals surface area contributed by atoms with E-state index in [1.54, 1.807) is 7.11 Å². The highest BCUT2D eigenvalue weighted by Gasteiger charge is 2.28. The number of thiazole rings is 1. The summed E-state index contributed by atoms with van der Waals surface area (Å²) in [7, 11) is 1.73. The van der Waals surface area contributed by atoms with Gasteiger partial charge in [-0.05, 0) is 25.2 Å². The summed E-state index contributed by atoms with van der Waals surface area (Å²) in [5, 5.41) is 4.60. The average molecular weight is 297 g/mol. The van der Waals surface area contributed by atoms with Gasteiger partial charge in [-0.1, -0.05) is 13.8 Å². The van der Waals surface area contributed by atoms with Crippen molar-refractivity contribution >= 4 is 16.5 Å². The van der Waals surface area contributed by atoms with Crippen LogP contribution < -0.4 is 10.2 Å². The normalized spacial score (nSPS) is 18.5. The van der Waals surface area contributed by atoms with Gasteiger partial charge in [-0.3, -0.25) is 0 Å². The van der Waals surface area contributed by atoms with Crippen molar-refractivity contribution in [1.29, 1.82) is 0 Å². The number of piperidine rings is 1. The lowest BCUT2D eigenvalue weighted by molar-refractivity contribution is 0.199. The molecule has 4 nitrogen and oxygen atoms in total. The van der Waals surface area contributed by atoms with Gasteiger partial charge in [-0.2, -0.15) is 0 Å². The lowest BCUT2D eigenvalue weighted by Gasteiger charge is -2.37. The van der Waals surface area contributed by atoms with Crippen molar-refractivity contribution in [1.82, 2.24) is 10.3 Å². The first-order chi connectivity index (χ1) is 9.52. The largest absolute Gasteiger partial charge is 0.383 e. The highest BCUT2D eigenvalue weighted by atomic mass is 32.1. The molecule has 1 aliphatic heterocycles. The van der Waals surface area contributed by atoms with Crippen LogP contribution in [0.25, 0.3) is 0 Å². The predicted octanol–water partition coefficient (Wildman–Crippen LogP) is 2.81. The van der Waals surface area contributed by atoms with Gasteiger partial charge in [0.1, 0.15) is 0 Å². The quantitative estimate of drug-likeness (QED) is 0.819. The summed E-state index contributed by atoms with van der Waals surface area (Å²) in [6.07, 6.45) is 2.59. The highest BCUT2D eigenvalue weighted by molar-refractivity contribution is 7.15. The summed E-state index contributed by atoms with van der Waals surface area (Å²) in [4.78, 5) is 8.58. The summed E-state index contributed by atoms with van der Waals surface area (Å²) in [5.74, 6) is 0. The first kappa shape index (κ1) is 15.7. The lowest BCUT2D eigenvalue weighted by Crippen LogP contribution is -2.40. The standard InChI is InChI=1S/C15H27N3OS/c1-12-13(10-16-7-9-19-4)20-14(17-12)18-8-5-6-15(2,3)11-18/h16H,5-11H2,1-4H3. The zero-order chi connectivity index (χ0) is 14.6. The van der Waals surface area contributed by atoms with Crippen molar-refractivity contribution in [2.75, 3.05) is 38.3 Å². The molecule has 1 aromatic heterocycles. The molecular weight excluding hydrogens is 270 g/mol. The molecule has 0 atom stereocenters. The maximum Gasteiger partial charge on any atom is 0.185 e. The number of methoxy groups -OCH3 is 1. The van der Waals surface area contributed by atoms with Crippen molar-refractivity contribution in [3.05, 3.63) is 10.6 Å². The third-order valence-corrected chi connectivity index (χ3v) is 5.04. The molecule has 0 aliphatic carbocycles. The van der Waals surface area contributed by atoms with Crippen LogP contribution in [0.15, 0.2) is 0 Å². The Balaban J connectivity index is 1.96. The van der Waals surface area contributed by atoms with E-state index in [2.05, 4.69) is 31.0 Å². The zero-order valence-corrected chi connectivity index (χ0v) is 14.0. The fraction of sp³-hybridized carbons (Fsp3) is 0.800. The number of ether oxygens (including phenoxy) is 1. The topological polar surface area (TPSA) is 37.4 Å². The second-order valence-electron chi connectivity index (χ2n) is 6.36. The second-order valence-corrected chi connectivity index (χ2v) is 7.43. The minimum absolute atomic E-state index is 0.411. The average Bonchev–Trinajstić information content (AvgIpc) is 2.75. The van der Waals surface area contributed by atoms with Gasteiger partial charge >= 0.3 is 0 Å². The summed E-state index contributed by atoms with van der Waals surface area (Å²) in [5.41, 5.74) is 1.58. The number of hydrogen-bond donors (Lipinski definition) is 1. The summed E-state index contributed by atoms with van der Waals surface area (Å²) in [6, 6.07) is 0. The van der Waals surface area contributed by atoms with Gasteiger partial charge in [0.25, 0.3) is 0 Å². The van der Waals surface area contributed by atoms with Crippen LogP contribution in [0.3, 0.4) is 0 Å². The Morgan fingerprint density at radius 3 is 2.95 bits per heavy atom. The van der Waals surface area contributed by atoms with Crippen LogP contribution >= 0.6 is 11.3 Å². The van der Waals surface area contributed by atoms with Gasteiger partial charge in [0.2, 0.25) is 0 Å². The van der Waals surface area contributed by atoms with E-state index in [9.17, 15) is 0 Å². The molecule has 1 saturated heterocycles. The third-order valence-electron chi connectivity index (χ3n) is 3.82. The Hall–Kier alpha value is -0.650. The van der Waals surface area contributed by atoms with E-state index in [0.717, 1.165) is 32.8 Å². The van der Waals surface area contributed by atoms with Crippen molar-refractivity contribution in [2.24, 2.45) is 5.41 Å². The van der Waals surface area contributed by atoms with E-state index in [4.69, 9.17) is 9.72 Å². The van der Waals surface area contributed by atoms with Gasteiger partial charge in [0, 0.05) is 38.2 Å². The first-order valence-corrected chi connectivity index (χ1v) is 8.24. The maximum atomic E-state index is 5.05. The summed E-state index contributed by atoms with van der Waals surface area (Å²) >= 11 is 1.84. The van der Waals surface area contributed by atoms with E-state index in [0.29, 0.717) is 5.41 Å². The summed E-state index contributed by atoms with van der Waals surface area (Å²) < 4.78 is 5.05. The molecule has 2 rings (SSSR count). The molecular formula is C15H27N3OS. The van der Waals surface area contributed by atoms with Crippen LogP contribution in [0.1, 0.15) is 37.3 Å². The Morgan fingerprint density at radius 1 is 1.45 bits per heavy atom. The molecule has 0 bridgehead atoms. The molecule has 1 aliphatic rings. The Labute approximate surface area is 126 Å². The van der Waals surface area contributed by atoms with Crippen molar-refractivity contribution in [3.63, 3.8) is 0 Å². The smallest absolute Gasteiger partial charge is 0.185 e. The van der Waals surface area contributed by atoms with Gasteiger partial charge in [-0.25, -0.2) is 4.98 Å². The van der Waals surface area contributed by atoms with Gasteiger partial charge in [0.05, 0.1) is 12.3 Å². The predicted molar refractivity (Wildman–Crippen MR) is 85.7 cm³/mol. The molecule has 0 unspecified atom stereocenters. The Bertz CT molecular complexity index is 431. The van der Waals surface area contributed by atoms with Crippen molar-refractivity contribution in [2.45, 2.75) is 40.2 Å². The Kier molecular flexibility index (Phi) is 5.41. The number of aryl methyl sites for hydroxylation is 1. The number of anilines is 1.